The van der Waals surface area contributed by atoms with E-state index in [2.05, 4.69) is 26.2 Å². The van der Waals surface area contributed by atoms with E-state index in [1.807, 2.05) is 0 Å². The normalized spacial score (nSPS) is 13.1. The number of nitrogens with zero attached hydrogens (tertiary/aromatic N) is 1. The van der Waals surface area contributed by atoms with Gasteiger partial charge in [0.1, 0.15) is 0 Å². The number of pyridine rings is 1. The molecule has 0 saturated heterocycles. The molecule has 8 heteroatoms. The van der Waals surface area contributed by atoms with E-state index in [1.165, 1.54) is 6.20 Å². The average Bonchev–Trinajstić information content (AvgIpc) is 2.36. The van der Waals surface area contributed by atoms with Crippen LogP contribution < -0.4 is 5.32 Å². The van der Waals surface area contributed by atoms with Crippen molar-refractivity contribution in [3.8, 4) is 0 Å². The molecule has 1 aromatic carbocycles. The average molecular weight is 363 g/mol. The minimum atomic E-state index is -4.81. The van der Waals surface area contributed by atoms with Gasteiger partial charge in [0.2, 0.25) is 0 Å². The van der Waals surface area contributed by atoms with Crippen LogP contribution in [0.4, 0.5) is 18.9 Å². The first kappa shape index (κ1) is 15.6. The van der Waals surface area contributed by atoms with Crippen molar-refractivity contribution in [3.63, 3.8) is 0 Å². The van der Waals surface area contributed by atoms with Crippen LogP contribution in [0.5, 0.6) is 0 Å². The fraction of sp³-hybridized carbons (Fsp3) is 0.231. The number of aromatic nitrogens is 1. The van der Waals surface area contributed by atoms with Gasteiger partial charge in [-0.2, -0.15) is 13.2 Å². The van der Waals surface area contributed by atoms with Crippen molar-refractivity contribution >= 4 is 38.5 Å². The minimum absolute atomic E-state index is 0.357. The first-order valence-electron chi connectivity index (χ1n) is 5.86. The zero-order chi connectivity index (χ0) is 15.6. The van der Waals surface area contributed by atoms with Crippen LogP contribution in [0.2, 0.25) is 0 Å². The van der Waals surface area contributed by atoms with E-state index < -0.39 is 24.6 Å². The standard InChI is InChI=1S/C13H10BrF3N2O2/c14-8-4-7-2-1-3-10(11(7)19-5-8)18-6-9(12(20)21)13(15,16)17/h1-5,9,18H,6H2,(H,20,21). The Hall–Kier alpha value is -1.83. The third kappa shape index (κ3) is 3.63. The summed E-state index contributed by atoms with van der Waals surface area (Å²) < 4.78 is 38.5. The maximum absolute atomic E-state index is 12.6. The van der Waals surface area contributed by atoms with E-state index >= 15 is 0 Å². The molecule has 0 fully saturated rings. The fourth-order valence-corrected chi connectivity index (χ4v) is 2.18. The van der Waals surface area contributed by atoms with E-state index in [0.29, 0.717) is 11.2 Å². The Bertz CT molecular complexity index is 676. The lowest BCUT2D eigenvalue weighted by molar-refractivity contribution is -0.190. The van der Waals surface area contributed by atoms with E-state index in [9.17, 15) is 18.0 Å². The molecule has 0 aliphatic heterocycles. The summed E-state index contributed by atoms with van der Waals surface area (Å²) in [7, 11) is 0. The smallest absolute Gasteiger partial charge is 0.403 e. The summed E-state index contributed by atoms with van der Waals surface area (Å²) in [4.78, 5) is 14.8. The summed E-state index contributed by atoms with van der Waals surface area (Å²) in [5.74, 6) is -4.38. The van der Waals surface area contributed by atoms with Gasteiger partial charge < -0.3 is 10.4 Å². The van der Waals surface area contributed by atoms with Gasteiger partial charge in [0, 0.05) is 22.6 Å². The Balaban J connectivity index is 2.26. The summed E-state index contributed by atoms with van der Waals surface area (Å²) in [6.07, 6.45) is -3.29. The van der Waals surface area contributed by atoms with Gasteiger partial charge in [-0.3, -0.25) is 9.78 Å². The monoisotopic (exact) mass is 362 g/mol. The summed E-state index contributed by atoms with van der Waals surface area (Å²) in [5, 5.41) is 11.9. The SMILES string of the molecule is O=C(O)C(CNc1cccc2cc(Br)cnc12)C(F)(F)F. The van der Waals surface area contributed by atoms with Gasteiger partial charge in [-0.25, -0.2) is 0 Å². The number of anilines is 1. The molecule has 2 rings (SSSR count). The lowest BCUT2D eigenvalue weighted by Crippen LogP contribution is -2.36. The second-order valence-corrected chi connectivity index (χ2v) is 5.26. The number of carboxylic acid groups (broad SMARTS) is 1. The number of nitrogens with one attached hydrogen (secondary N) is 1. The highest BCUT2D eigenvalue weighted by Gasteiger charge is 2.44. The number of rotatable bonds is 4. The number of aliphatic carboxylic acids is 1. The van der Waals surface area contributed by atoms with Crippen molar-refractivity contribution in [2.75, 3.05) is 11.9 Å². The summed E-state index contributed by atoms with van der Waals surface area (Å²) in [5.41, 5.74) is 0.836. The lowest BCUT2D eigenvalue weighted by Gasteiger charge is -2.17. The third-order valence-electron chi connectivity index (χ3n) is 2.87. The van der Waals surface area contributed by atoms with Crippen LogP contribution >= 0.6 is 15.9 Å². The zero-order valence-corrected chi connectivity index (χ0v) is 12.1. The highest BCUT2D eigenvalue weighted by atomic mass is 79.9. The molecule has 1 aromatic heterocycles. The minimum Gasteiger partial charge on any atom is -0.481 e. The Kier molecular flexibility index (Phi) is 4.36. The van der Waals surface area contributed by atoms with Crippen molar-refractivity contribution in [2.45, 2.75) is 6.18 Å². The van der Waals surface area contributed by atoms with Crippen LogP contribution in [0.1, 0.15) is 0 Å². The second kappa shape index (κ2) is 5.88. The molecule has 0 amide bonds. The number of hydrogen-bond acceptors (Lipinski definition) is 3. The second-order valence-electron chi connectivity index (χ2n) is 4.34. The molecule has 1 heterocycles. The van der Waals surface area contributed by atoms with Crippen LogP contribution in [0.3, 0.4) is 0 Å². The van der Waals surface area contributed by atoms with E-state index in [4.69, 9.17) is 5.11 Å². The van der Waals surface area contributed by atoms with Crippen LogP contribution in [-0.4, -0.2) is 28.8 Å². The Morgan fingerprint density at radius 3 is 2.76 bits per heavy atom. The molecule has 2 aromatic rings. The van der Waals surface area contributed by atoms with Gasteiger partial charge in [0.05, 0.1) is 11.2 Å². The predicted octanol–water partition coefficient (Wildman–Crippen LogP) is 3.67. The Morgan fingerprint density at radius 2 is 2.14 bits per heavy atom. The van der Waals surface area contributed by atoms with Crippen molar-refractivity contribution in [1.82, 2.24) is 4.98 Å². The van der Waals surface area contributed by atoms with Crippen LogP contribution in [0.25, 0.3) is 10.9 Å². The lowest BCUT2D eigenvalue weighted by atomic mass is 10.1. The van der Waals surface area contributed by atoms with Crippen molar-refractivity contribution in [2.24, 2.45) is 5.92 Å². The first-order chi connectivity index (χ1) is 9.79. The number of para-hydroxylation sites is 1. The molecule has 1 unspecified atom stereocenters. The summed E-state index contributed by atoms with van der Waals surface area (Å²) >= 11 is 3.25. The Labute approximate surface area is 126 Å². The number of alkyl halides is 3. The Morgan fingerprint density at radius 1 is 1.43 bits per heavy atom. The number of halogens is 4. The number of carbonyl (C=O) groups is 1. The highest BCUT2D eigenvalue weighted by Crippen LogP contribution is 2.28. The van der Waals surface area contributed by atoms with E-state index in [0.717, 1.165) is 9.86 Å². The number of hydrogen-bond donors (Lipinski definition) is 2. The number of carboxylic acids is 1. The first-order valence-corrected chi connectivity index (χ1v) is 6.66. The molecule has 1 atom stereocenters. The zero-order valence-electron chi connectivity index (χ0n) is 10.5. The molecule has 0 radical (unpaired) electrons. The largest absolute Gasteiger partial charge is 0.481 e. The van der Waals surface area contributed by atoms with Gasteiger partial charge in [-0.05, 0) is 28.1 Å². The molecular weight excluding hydrogens is 353 g/mol. The van der Waals surface area contributed by atoms with Gasteiger partial charge >= 0.3 is 12.1 Å². The van der Waals surface area contributed by atoms with E-state index in [1.54, 1.807) is 24.3 Å². The summed E-state index contributed by atoms with van der Waals surface area (Å²) in [6, 6.07) is 6.74. The molecule has 0 saturated carbocycles. The molecule has 0 aliphatic rings. The quantitative estimate of drug-likeness (QED) is 0.870. The molecule has 2 N–H and O–H groups in total. The summed E-state index contributed by atoms with van der Waals surface area (Å²) in [6.45, 7) is -0.754. The van der Waals surface area contributed by atoms with E-state index in [-0.39, 0.29) is 0 Å². The van der Waals surface area contributed by atoms with Crippen LogP contribution in [-0.2, 0) is 4.79 Å². The molecular formula is C13H10BrF3N2O2. The maximum atomic E-state index is 12.6. The van der Waals surface area contributed by atoms with Gasteiger partial charge in [-0.1, -0.05) is 12.1 Å². The molecule has 21 heavy (non-hydrogen) atoms. The van der Waals surface area contributed by atoms with Crippen LogP contribution in [0, 0.1) is 5.92 Å². The molecule has 0 spiro atoms. The third-order valence-corrected chi connectivity index (χ3v) is 3.30. The predicted molar refractivity (Wildman–Crippen MR) is 75.1 cm³/mol. The van der Waals surface area contributed by atoms with Gasteiger partial charge in [0.25, 0.3) is 0 Å². The number of benzene rings is 1. The molecule has 0 bridgehead atoms. The molecule has 112 valence electrons. The van der Waals surface area contributed by atoms with Gasteiger partial charge in [0.15, 0.2) is 5.92 Å². The number of fused-ring (bicyclic) bond motifs is 1. The molecule has 4 nitrogen and oxygen atoms in total. The van der Waals surface area contributed by atoms with Crippen molar-refractivity contribution in [3.05, 3.63) is 34.9 Å². The highest BCUT2D eigenvalue weighted by molar-refractivity contribution is 9.10. The van der Waals surface area contributed by atoms with Crippen molar-refractivity contribution < 1.29 is 23.1 Å². The topological polar surface area (TPSA) is 62.2 Å². The fourth-order valence-electron chi connectivity index (χ4n) is 1.83. The van der Waals surface area contributed by atoms with Gasteiger partial charge in [-0.15, -0.1) is 0 Å². The van der Waals surface area contributed by atoms with Crippen LogP contribution in [0.15, 0.2) is 34.9 Å². The maximum Gasteiger partial charge on any atom is 0.403 e. The molecule has 0 aliphatic carbocycles. The van der Waals surface area contributed by atoms with Crippen molar-refractivity contribution in [1.29, 1.82) is 0 Å².